The number of nitrogens with two attached hydrogens (primary N) is 2. The second-order valence-electron chi connectivity index (χ2n) is 6.73. The SMILES string of the molecule is NCCCC(=O)NC(Cc1cnc[nH]1)C(=O)S/C=C(\NC(=O)CCC(N)C(=O)O)C(=O)NO. The minimum atomic E-state index is -1.29. The van der Waals surface area contributed by atoms with Gasteiger partial charge in [-0.1, -0.05) is 11.8 Å². The number of carboxylic acids is 1. The molecule has 0 aromatic carbocycles. The van der Waals surface area contributed by atoms with Crippen molar-refractivity contribution in [3.8, 4) is 0 Å². The molecule has 1 aromatic rings. The number of hydroxylamine groups is 1. The lowest BCUT2D eigenvalue weighted by molar-refractivity contribution is -0.138. The van der Waals surface area contributed by atoms with Crippen LogP contribution in [0.1, 0.15) is 31.4 Å². The Hall–Kier alpha value is -3.27. The van der Waals surface area contributed by atoms with E-state index in [2.05, 4.69) is 20.6 Å². The highest BCUT2D eigenvalue weighted by Crippen LogP contribution is 2.14. The molecule has 0 radical (unpaired) electrons. The quantitative estimate of drug-likeness (QED) is 0.0820. The van der Waals surface area contributed by atoms with Crippen molar-refractivity contribution in [2.24, 2.45) is 11.5 Å². The number of imidazole rings is 1. The summed E-state index contributed by atoms with van der Waals surface area (Å²) in [5, 5.41) is 22.9. The van der Waals surface area contributed by atoms with Crippen LogP contribution in [0.4, 0.5) is 0 Å². The van der Waals surface area contributed by atoms with E-state index in [-0.39, 0.29) is 31.6 Å². The molecule has 14 nitrogen and oxygen atoms in total. The normalized spacial score (nSPS) is 13.0. The minimum Gasteiger partial charge on any atom is -0.480 e. The number of thioether (sulfide) groups is 1. The third kappa shape index (κ3) is 10.7. The first-order valence-corrected chi connectivity index (χ1v) is 10.7. The smallest absolute Gasteiger partial charge is 0.320 e. The number of H-pyrrole nitrogens is 1. The number of aliphatic carboxylic acids is 1. The maximum atomic E-state index is 12.7. The Morgan fingerprint density at radius 2 is 1.94 bits per heavy atom. The molecule has 10 N–H and O–H groups in total. The molecule has 0 spiro atoms. The molecule has 0 aliphatic rings. The number of carbonyl (C=O) groups is 5. The highest BCUT2D eigenvalue weighted by molar-refractivity contribution is 8.16. The molecule has 3 amide bonds. The van der Waals surface area contributed by atoms with Gasteiger partial charge in [0.15, 0.2) is 0 Å². The highest BCUT2D eigenvalue weighted by atomic mass is 32.2. The summed E-state index contributed by atoms with van der Waals surface area (Å²) in [6.07, 6.45) is 3.03. The van der Waals surface area contributed by atoms with E-state index < -0.39 is 40.7 Å². The zero-order valence-electron chi connectivity index (χ0n) is 17.6. The Morgan fingerprint density at radius 1 is 1.21 bits per heavy atom. The van der Waals surface area contributed by atoms with Gasteiger partial charge in [-0.15, -0.1) is 0 Å². The van der Waals surface area contributed by atoms with Crippen LogP contribution in [0.3, 0.4) is 0 Å². The molecule has 0 aliphatic heterocycles. The first kappa shape index (κ1) is 27.8. The summed E-state index contributed by atoms with van der Waals surface area (Å²) in [6.45, 7) is 0.306. The van der Waals surface area contributed by atoms with Crippen molar-refractivity contribution >= 4 is 40.6 Å². The number of hydrogen-bond donors (Lipinski definition) is 8. The maximum absolute atomic E-state index is 12.7. The third-order valence-electron chi connectivity index (χ3n) is 4.12. The monoisotopic (exact) mass is 485 g/mol. The van der Waals surface area contributed by atoms with E-state index >= 15 is 0 Å². The Kier molecular flexibility index (Phi) is 12.4. The highest BCUT2D eigenvalue weighted by Gasteiger charge is 2.23. The molecule has 1 heterocycles. The number of rotatable bonds is 14. The summed E-state index contributed by atoms with van der Waals surface area (Å²) in [5.74, 6) is -3.54. The molecule has 0 saturated carbocycles. The lowest BCUT2D eigenvalue weighted by Crippen LogP contribution is -2.41. The van der Waals surface area contributed by atoms with Crippen molar-refractivity contribution in [3.05, 3.63) is 29.3 Å². The first-order chi connectivity index (χ1) is 15.7. The summed E-state index contributed by atoms with van der Waals surface area (Å²) >= 11 is 0.515. The van der Waals surface area contributed by atoms with Gasteiger partial charge in [-0.05, 0) is 19.4 Å². The average Bonchev–Trinajstić information content (AvgIpc) is 3.30. The number of nitrogens with one attached hydrogen (secondary N) is 4. The van der Waals surface area contributed by atoms with Crippen LogP contribution in [-0.4, -0.2) is 67.7 Å². The molecule has 0 bridgehead atoms. The van der Waals surface area contributed by atoms with Crippen molar-refractivity contribution in [3.63, 3.8) is 0 Å². The van der Waals surface area contributed by atoms with Gasteiger partial charge in [-0.3, -0.25) is 29.2 Å². The van der Waals surface area contributed by atoms with E-state index in [4.69, 9.17) is 21.8 Å². The van der Waals surface area contributed by atoms with Gasteiger partial charge in [0, 0.05) is 36.6 Å². The van der Waals surface area contributed by atoms with Crippen molar-refractivity contribution in [2.45, 2.75) is 44.2 Å². The number of nitrogens with zero attached hydrogens (tertiary/aromatic N) is 1. The van der Waals surface area contributed by atoms with Crippen LogP contribution in [0.2, 0.25) is 0 Å². The zero-order chi connectivity index (χ0) is 24.8. The second kappa shape index (κ2) is 14.7. The summed E-state index contributed by atoms with van der Waals surface area (Å²) in [5.41, 5.74) is 12.2. The van der Waals surface area contributed by atoms with Crippen LogP contribution < -0.4 is 27.6 Å². The van der Waals surface area contributed by atoms with Gasteiger partial charge in [0.2, 0.25) is 16.9 Å². The fourth-order valence-corrected chi connectivity index (χ4v) is 3.07. The van der Waals surface area contributed by atoms with Gasteiger partial charge in [-0.2, -0.15) is 0 Å². The van der Waals surface area contributed by atoms with Crippen LogP contribution in [0.5, 0.6) is 0 Å². The molecule has 182 valence electrons. The predicted molar refractivity (Wildman–Crippen MR) is 116 cm³/mol. The van der Waals surface area contributed by atoms with Crippen LogP contribution in [0, 0.1) is 0 Å². The Labute approximate surface area is 192 Å². The molecule has 33 heavy (non-hydrogen) atoms. The van der Waals surface area contributed by atoms with Crippen molar-refractivity contribution in [1.82, 2.24) is 26.1 Å². The molecule has 1 aromatic heterocycles. The van der Waals surface area contributed by atoms with Gasteiger partial charge < -0.3 is 32.2 Å². The topological polar surface area (TPSA) is 243 Å². The van der Waals surface area contributed by atoms with Crippen LogP contribution in [0.25, 0.3) is 0 Å². The molecule has 0 aliphatic carbocycles. The number of aromatic nitrogens is 2. The minimum absolute atomic E-state index is 0.0923. The molecule has 15 heteroatoms. The van der Waals surface area contributed by atoms with Gasteiger partial charge in [-0.25, -0.2) is 10.5 Å². The maximum Gasteiger partial charge on any atom is 0.320 e. The molecule has 2 atom stereocenters. The Bertz CT molecular complexity index is 860. The van der Waals surface area contributed by atoms with E-state index in [1.165, 1.54) is 18.0 Å². The first-order valence-electron chi connectivity index (χ1n) is 9.77. The van der Waals surface area contributed by atoms with E-state index in [1.54, 1.807) is 0 Å². The van der Waals surface area contributed by atoms with Crippen molar-refractivity contribution < 1.29 is 34.3 Å². The number of carbonyl (C=O) groups excluding carboxylic acids is 4. The lowest BCUT2D eigenvalue weighted by atomic mass is 10.1. The molecule has 2 unspecified atom stereocenters. The zero-order valence-corrected chi connectivity index (χ0v) is 18.4. The van der Waals surface area contributed by atoms with Gasteiger partial charge in [0.1, 0.15) is 17.8 Å². The van der Waals surface area contributed by atoms with E-state index in [9.17, 15) is 24.0 Å². The van der Waals surface area contributed by atoms with Crippen molar-refractivity contribution in [2.75, 3.05) is 6.54 Å². The van der Waals surface area contributed by atoms with E-state index in [0.717, 1.165) is 5.41 Å². The van der Waals surface area contributed by atoms with Crippen molar-refractivity contribution in [1.29, 1.82) is 0 Å². The predicted octanol–water partition coefficient (Wildman–Crippen LogP) is -1.91. The summed E-state index contributed by atoms with van der Waals surface area (Å²) in [7, 11) is 0. The third-order valence-corrected chi connectivity index (χ3v) is 4.99. The molecule has 1 rings (SSSR count). The van der Waals surface area contributed by atoms with Crippen LogP contribution in [-0.2, 0) is 30.4 Å². The van der Waals surface area contributed by atoms with Gasteiger partial charge in [0.25, 0.3) is 5.91 Å². The second-order valence-corrected chi connectivity index (χ2v) is 7.61. The fraction of sp³-hybridized carbons (Fsp3) is 0.444. The standard InChI is InChI=1S/C18H27N7O7S/c19-5-1-2-14(26)23-12(6-10-7-21-9-22-10)18(31)33-8-13(16(28)25-32)24-15(27)4-3-11(20)17(29)30/h7-9,11-12,32H,1-6,19-20H2,(H,21,22)(H,23,26)(H,24,27)(H,25,28)(H,29,30)/b13-8-. The van der Waals surface area contributed by atoms with E-state index in [0.29, 0.717) is 30.4 Å². The average molecular weight is 486 g/mol. The number of amides is 3. The van der Waals surface area contributed by atoms with Gasteiger partial charge >= 0.3 is 5.97 Å². The largest absolute Gasteiger partial charge is 0.480 e. The van der Waals surface area contributed by atoms with Crippen LogP contribution in [0.15, 0.2) is 23.6 Å². The van der Waals surface area contributed by atoms with Crippen LogP contribution >= 0.6 is 11.8 Å². The van der Waals surface area contributed by atoms with Gasteiger partial charge in [0.05, 0.1) is 6.33 Å². The molecule has 0 saturated heterocycles. The summed E-state index contributed by atoms with van der Waals surface area (Å²) in [4.78, 5) is 66.1. The Balaban J connectivity index is 2.86. The Morgan fingerprint density at radius 3 is 2.52 bits per heavy atom. The summed E-state index contributed by atoms with van der Waals surface area (Å²) in [6, 6.07) is -2.25. The fourth-order valence-electron chi connectivity index (χ4n) is 2.36. The number of aromatic amines is 1. The lowest BCUT2D eigenvalue weighted by Gasteiger charge is -2.16. The van der Waals surface area contributed by atoms with E-state index in [1.807, 2.05) is 0 Å². The number of hydrogen-bond acceptors (Lipinski definition) is 10. The molecular formula is C18H27N7O7S. The molecule has 0 fully saturated rings. The number of carboxylic acid groups (broad SMARTS) is 1. The molecular weight excluding hydrogens is 458 g/mol. The summed E-state index contributed by atoms with van der Waals surface area (Å²) < 4.78 is 0.